The van der Waals surface area contributed by atoms with Crippen LogP contribution in [0.1, 0.15) is 55.1 Å². The van der Waals surface area contributed by atoms with Crippen LogP contribution in [0.15, 0.2) is 63.2 Å². The monoisotopic (exact) mass is 494 g/mol. The molecule has 36 heavy (non-hydrogen) atoms. The van der Waals surface area contributed by atoms with Crippen LogP contribution < -0.4 is 15.1 Å². The molecular weight excluding hydrogens is 464 g/mol. The molecule has 1 aliphatic rings. The van der Waals surface area contributed by atoms with Crippen LogP contribution in [-0.2, 0) is 11.3 Å². The SMILES string of the molecule is CCOC(=O)c1c(OCc2ccccc2)c2ccc(O[C@H]3CC(C)(C)CC(O)=C3O)c(C)c2oc1=O. The fraction of sp³-hybridized carbons (Fsp3) is 0.357. The number of ether oxygens (including phenoxy) is 3. The van der Waals surface area contributed by atoms with Crippen molar-refractivity contribution in [3.8, 4) is 11.5 Å². The van der Waals surface area contributed by atoms with Gasteiger partial charge in [0.15, 0.2) is 23.2 Å². The van der Waals surface area contributed by atoms with Crippen molar-refractivity contribution >= 4 is 16.9 Å². The molecule has 8 heteroatoms. The smallest absolute Gasteiger partial charge is 0.354 e. The third kappa shape index (κ3) is 5.03. The predicted octanol–water partition coefficient (Wildman–Crippen LogP) is 5.75. The summed E-state index contributed by atoms with van der Waals surface area (Å²) in [5.41, 5.74) is 0.0611. The Labute approximate surface area is 208 Å². The largest absolute Gasteiger partial charge is 0.509 e. The van der Waals surface area contributed by atoms with E-state index in [1.807, 2.05) is 44.2 Å². The van der Waals surface area contributed by atoms with Gasteiger partial charge in [0.1, 0.15) is 23.7 Å². The summed E-state index contributed by atoms with van der Waals surface area (Å²) in [4.78, 5) is 25.6. The first-order chi connectivity index (χ1) is 17.1. The lowest BCUT2D eigenvalue weighted by Crippen LogP contribution is -2.33. The molecule has 0 saturated heterocycles. The minimum Gasteiger partial charge on any atom is -0.509 e. The van der Waals surface area contributed by atoms with Crippen molar-refractivity contribution in [2.24, 2.45) is 5.41 Å². The number of fused-ring (bicyclic) bond motifs is 1. The third-order valence-electron chi connectivity index (χ3n) is 6.19. The van der Waals surface area contributed by atoms with Crippen LogP contribution in [0, 0.1) is 12.3 Å². The molecule has 1 aromatic heterocycles. The number of aliphatic hydroxyl groups excluding tert-OH is 2. The Morgan fingerprint density at radius 3 is 2.56 bits per heavy atom. The number of carbonyl (C=O) groups excluding carboxylic acids is 1. The van der Waals surface area contributed by atoms with Crippen LogP contribution in [0.3, 0.4) is 0 Å². The highest BCUT2D eigenvalue weighted by Gasteiger charge is 2.36. The molecule has 4 rings (SSSR count). The summed E-state index contributed by atoms with van der Waals surface area (Å²) in [5, 5.41) is 21.0. The summed E-state index contributed by atoms with van der Waals surface area (Å²) in [6, 6.07) is 12.7. The molecule has 0 radical (unpaired) electrons. The van der Waals surface area contributed by atoms with Crippen molar-refractivity contribution in [1.29, 1.82) is 0 Å². The summed E-state index contributed by atoms with van der Waals surface area (Å²) in [6.07, 6.45) is 0.0739. The number of benzene rings is 2. The van der Waals surface area contributed by atoms with Gasteiger partial charge in [0.25, 0.3) is 0 Å². The predicted molar refractivity (Wildman–Crippen MR) is 134 cm³/mol. The Bertz CT molecular complexity index is 1370. The van der Waals surface area contributed by atoms with Crippen LogP contribution in [-0.4, -0.2) is 28.9 Å². The molecule has 2 aromatic carbocycles. The lowest BCUT2D eigenvalue weighted by molar-refractivity contribution is 0.0516. The first kappa shape index (κ1) is 25.2. The van der Waals surface area contributed by atoms with E-state index in [4.69, 9.17) is 18.6 Å². The number of aryl methyl sites for hydroxylation is 1. The summed E-state index contributed by atoms with van der Waals surface area (Å²) < 4.78 is 22.7. The number of esters is 1. The van der Waals surface area contributed by atoms with Crippen molar-refractivity contribution in [3.05, 3.63) is 81.1 Å². The Balaban J connectivity index is 1.78. The molecule has 0 saturated carbocycles. The molecule has 1 heterocycles. The summed E-state index contributed by atoms with van der Waals surface area (Å²) in [6.45, 7) is 7.52. The van der Waals surface area contributed by atoms with Gasteiger partial charge in [-0.3, -0.25) is 0 Å². The molecule has 0 aliphatic heterocycles. The Morgan fingerprint density at radius 2 is 1.86 bits per heavy atom. The van der Waals surface area contributed by atoms with Crippen molar-refractivity contribution in [2.45, 2.75) is 53.2 Å². The number of carbonyl (C=O) groups is 1. The number of rotatable bonds is 7. The Kier molecular flexibility index (Phi) is 6.97. The molecule has 0 spiro atoms. The van der Waals surface area contributed by atoms with Gasteiger partial charge in [-0.2, -0.15) is 0 Å². The molecule has 190 valence electrons. The minimum atomic E-state index is -0.886. The van der Waals surface area contributed by atoms with E-state index in [-0.39, 0.29) is 47.0 Å². The van der Waals surface area contributed by atoms with E-state index in [1.54, 1.807) is 26.0 Å². The molecule has 2 N–H and O–H groups in total. The lowest BCUT2D eigenvalue weighted by Gasteiger charge is -2.34. The first-order valence-corrected chi connectivity index (χ1v) is 11.8. The number of allylic oxidation sites excluding steroid dienone is 1. The first-order valence-electron chi connectivity index (χ1n) is 11.8. The second-order valence-electron chi connectivity index (χ2n) is 9.64. The fourth-order valence-electron chi connectivity index (χ4n) is 4.39. The fourth-order valence-corrected chi connectivity index (χ4v) is 4.39. The van der Waals surface area contributed by atoms with E-state index >= 15 is 0 Å². The highest BCUT2D eigenvalue weighted by atomic mass is 16.5. The van der Waals surface area contributed by atoms with Gasteiger partial charge in [-0.15, -0.1) is 0 Å². The van der Waals surface area contributed by atoms with Gasteiger partial charge in [0.2, 0.25) is 0 Å². The topological polar surface area (TPSA) is 115 Å². The second-order valence-corrected chi connectivity index (χ2v) is 9.64. The van der Waals surface area contributed by atoms with Crippen LogP contribution in [0.5, 0.6) is 11.5 Å². The van der Waals surface area contributed by atoms with Gasteiger partial charge >= 0.3 is 11.6 Å². The highest BCUT2D eigenvalue weighted by Crippen LogP contribution is 2.40. The van der Waals surface area contributed by atoms with Crippen LogP contribution in [0.4, 0.5) is 0 Å². The molecule has 0 amide bonds. The maximum Gasteiger partial charge on any atom is 0.354 e. The van der Waals surface area contributed by atoms with Crippen molar-refractivity contribution in [3.63, 3.8) is 0 Å². The van der Waals surface area contributed by atoms with E-state index in [9.17, 15) is 19.8 Å². The zero-order chi connectivity index (χ0) is 26.0. The zero-order valence-electron chi connectivity index (χ0n) is 20.8. The quantitative estimate of drug-likeness (QED) is 0.315. The Morgan fingerprint density at radius 1 is 1.14 bits per heavy atom. The maximum atomic E-state index is 12.9. The molecule has 3 aromatic rings. The Hall–Kier alpha value is -3.94. The van der Waals surface area contributed by atoms with Gasteiger partial charge in [-0.25, -0.2) is 9.59 Å². The number of hydrogen-bond donors (Lipinski definition) is 2. The molecule has 8 nitrogen and oxygen atoms in total. The van der Waals surface area contributed by atoms with E-state index in [0.29, 0.717) is 29.5 Å². The minimum absolute atomic E-state index is 0.0670. The van der Waals surface area contributed by atoms with Crippen LogP contribution >= 0.6 is 0 Å². The number of hydrogen-bond acceptors (Lipinski definition) is 8. The average Bonchev–Trinajstić information content (AvgIpc) is 2.83. The van der Waals surface area contributed by atoms with Gasteiger partial charge in [0.05, 0.1) is 12.0 Å². The molecule has 1 aliphatic carbocycles. The van der Waals surface area contributed by atoms with Crippen molar-refractivity contribution < 1.29 is 33.6 Å². The van der Waals surface area contributed by atoms with Gasteiger partial charge in [-0.05, 0) is 43.4 Å². The van der Waals surface area contributed by atoms with Crippen molar-refractivity contribution in [1.82, 2.24) is 0 Å². The molecule has 0 fully saturated rings. The summed E-state index contributed by atoms with van der Waals surface area (Å²) in [7, 11) is 0. The molecule has 0 unspecified atom stereocenters. The average molecular weight is 495 g/mol. The number of aliphatic hydroxyl groups is 2. The third-order valence-corrected chi connectivity index (χ3v) is 6.19. The van der Waals surface area contributed by atoms with Gasteiger partial charge in [-0.1, -0.05) is 44.2 Å². The standard InChI is InChI=1S/C28H30O8/c1-5-33-26(31)22-25(34-15-17-9-7-6-8-10-17)18-11-12-20(16(2)24(18)36-27(22)32)35-21-14-28(3,4)13-19(29)23(21)30/h6-12,21,29-30H,5,13-15H2,1-4H3/t21-/m0/s1. The molecular formula is C28H30O8. The van der Waals surface area contributed by atoms with E-state index < -0.39 is 17.7 Å². The van der Waals surface area contributed by atoms with E-state index in [0.717, 1.165) is 5.56 Å². The zero-order valence-corrected chi connectivity index (χ0v) is 20.8. The van der Waals surface area contributed by atoms with E-state index in [1.165, 1.54) is 0 Å². The summed E-state index contributed by atoms with van der Waals surface area (Å²) >= 11 is 0. The van der Waals surface area contributed by atoms with E-state index in [2.05, 4.69) is 0 Å². The maximum absolute atomic E-state index is 12.9. The van der Waals surface area contributed by atoms with Gasteiger partial charge < -0.3 is 28.8 Å². The van der Waals surface area contributed by atoms with Crippen molar-refractivity contribution in [2.75, 3.05) is 6.61 Å². The molecule has 1 atom stereocenters. The van der Waals surface area contributed by atoms with Gasteiger partial charge in [0, 0.05) is 12.0 Å². The lowest BCUT2D eigenvalue weighted by atomic mass is 9.78. The second kappa shape index (κ2) is 9.97. The highest BCUT2D eigenvalue weighted by molar-refractivity contribution is 5.99. The normalized spacial score (nSPS) is 17.2. The summed E-state index contributed by atoms with van der Waals surface area (Å²) in [5.74, 6) is -0.705. The molecule has 0 bridgehead atoms. The van der Waals surface area contributed by atoms with Crippen LogP contribution in [0.2, 0.25) is 0 Å². The van der Waals surface area contributed by atoms with Crippen LogP contribution in [0.25, 0.3) is 11.0 Å².